The third-order valence-corrected chi connectivity index (χ3v) is 2.91. The van der Waals surface area contributed by atoms with E-state index < -0.39 is 5.82 Å². The van der Waals surface area contributed by atoms with Gasteiger partial charge in [-0.25, -0.2) is 4.39 Å². The van der Waals surface area contributed by atoms with Gasteiger partial charge in [0.1, 0.15) is 11.6 Å². The highest BCUT2D eigenvalue weighted by molar-refractivity contribution is 6.32. The normalized spacial score (nSPS) is 10.3. The van der Waals surface area contributed by atoms with E-state index in [9.17, 15) is 4.39 Å². The van der Waals surface area contributed by atoms with Crippen molar-refractivity contribution in [3.63, 3.8) is 0 Å². The molecule has 3 nitrogen and oxygen atoms in total. The Labute approximate surface area is 115 Å². The minimum atomic E-state index is -0.422. The predicted molar refractivity (Wildman–Crippen MR) is 73.7 cm³/mol. The van der Waals surface area contributed by atoms with Gasteiger partial charge in [-0.3, -0.25) is 5.41 Å². The predicted octanol–water partition coefficient (Wildman–Crippen LogP) is 3.86. The minimum Gasteiger partial charge on any atom is -0.453 e. The summed E-state index contributed by atoms with van der Waals surface area (Å²) in [6.07, 6.45) is 0. The molecule has 0 bridgehead atoms. The highest BCUT2D eigenvalue weighted by atomic mass is 35.5. The molecule has 0 aliphatic carbocycles. The zero-order chi connectivity index (χ0) is 14.0. The van der Waals surface area contributed by atoms with E-state index in [1.54, 1.807) is 31.2 Å². The van der Waals surface area contributed by atoms with Crippen molar-refractivity contribution in [3.8, 4) is 11.5 Å². The number of aryl methyl sites for hydroxylation is 1. The van der Waals surface area contributed by atoms with Gasteiger partial charge in [0.2, 0.25) is 0 Å². The lowest BCUT2D eigenvalue weighted by Gasteiger charge is -2.10. The lowest BCUT2D eigenvalue weighted by atomic mass is 10.2. The van der Waals surface area contributed by atoms with E-state index in [1.807, 2.05) is 0 Å². The average molecular weight is 279 g/mol. The number of rotatable bonds is 3. The number of amidine groups is 1. The number of nitrogens with one attached hydrogen (secondary N) is 1. The number of ether oxygens (including phenoxy) is 1. The summed E-state index contributed by atoms with van der Waals surface area (Å²) in [5, 5.41) is 7.58. The summed E-state index contributed by atoms with van der Waals surface area (Å²) in [7, 11) is 0. The van der Waals surface area contributed by atoms with Crippen LogP contribution in [0.15, 0.2) is 36.4 Å². The summed E-state index contributed by atoms with van der Waals surface area (Å²) in [5.41, 5.74) is 6.34. The fourth-order valence-electron chi connectivity index (χ4n) is 1.57. The smallest absolute Gasteiger partial charge is 0.168 e. The van der Waals surface area contributed by atoms with Crippen LogP contribution < -0.4 is 10.5 Å². The van der Waals surface area contributed by atoms with Crippen LogP contribution in [0.1, 0.15) is 11.1 Å². The van der Waals surface area contributed by atoms with Gasteiger partial charge in [-0.2, -0.15) is 0 Å². The van der Waals surface area contributed by atoms with Crippen LogP contribution in [0.25, 0.3) is 0 Å². The molecule has 2 aromatic rings. The van der Waals surface area contributed by atoms with Crippen LogP contribution in [-0.4, -0.2) is 5.84 Å². The molecule has 0 atom stereocenters. The van der Waals surface area contributed by atoms with Crippen LogP contribution in [0.2, 0.25) is 5.02 Å². The lowest BCUT2D eigenvalue weighted by Crippen LogP contribution is -2.10. The summed E-state index contributed by atoms with van der Waals surface area (Å²) in [6.45, 7) is 1.66. The molecular formula is C14H12ClFN2O. The van der Waals surface area contributed by atoms with Gasteiger partial charge in [0.25, 0.3) is 0 Å². The fraction of sp³-hybridized carbons (Fsp3) is 0.0714. The molecule has 3 N–H and O–H groups in total. The third-order valence-electron chi connectivity index (χ3n) is 2.62. The Kier molecular flexibility index (Phi) is 3.71. The molecule has 0 aromatic heterocycles. The van der Waals surface area contributed by atoms with Crippen LogP contribution >= 0.6 is 11.6 Å². The molecule has 19 heavy (non-hydrogen) atoms. The molecule has 0 radical (unpaired) electrons. The SMILES string of the molecule is Cc1cccc(Oc2ccc(C(=N)N)cc2Cl)c1F. The maximum Gasteiger partial charge on any atom is 0.168 e. The molecule has 2 rings (SSSR count). The van der Waals surface area contributed by atoms with Crippen LogP contribution in [0.4, 0.5) is 4.39 Å². The van der Waals surface area contributed by atoms with Crippen molar-refractivity contribution in [3.05, 3.63) is 58.4 Å². The molecule has 2 aromatic carbocycles. The molecule has 0 spiro atoms. The minimum absolute atomic E-state index is 0.0878. The molecular weight excluding hydrogens is 267 g/mol. The Balaban J connectivity index is 2.34. The van der Waals surface area contributed by atoms with Crippen molar-refractivity contribution < 1.29 is 9.13 Å². The van der Waals surface area contributed by atoms with Crippen LogP contribution in [0, 0.1) is 18.2 Å². The van der Waals surface area contributed by atoms with Crippen LogP contribution in [0.3, 0.4) is 0 Å². The molecule has 5 heteroatoms. The molecule has 98 valence electrons. The summed E-state index contributed by atoms with van der Waals surface area (Å²) >= 11 is 6.02. The van der Waals surface area contributed by atoms with E-state index in [0.29, 0.717) is 16.9 Å². The van der Waals surface area contributed by atoms with Gasteiger partial charge >= 0.3 is 0 Å². The van der Waals surface area contributed by atoms with Gasteiger partial charge in [0, 0.05) is 5.56 Å². The lowest BCUT2D eigenvalue weighted by molar-refractivity contribution is 0.440. The Morgan fingerprint density at radius 1 is 1.26 bits per heavy atom. The standard InChI is InChI=1S/C14H12ClFN2O/c1-8-3-2-4-12(13(8)16)19-11-6-5-9(14(17)18)7-10(11)15/h2-7H,1H3,(H3,17,18). The molecule has 0 aliphatic rings. The van der Waals surface area contributed by atoms with Crippen LogP contribution in [-0.2, 0) is 0 Å². The number of halogens is 2. The van der Waals surface area contributed by atoms with Crippen molar-refractivity contribution in [2.24, 2.45) is 5.73 Å². The second kappa shape index (κ2) is 5.28. The highest BCUT2D eigenvalue weighted by Crippen LogP contribution is 2.32. The number of nitrogens with two attached hydrogens (primary N) is 1. The average Bonchev–Trinajstić information content (AvgIpc) is 2.37. The monoisotopic (exact) mass is 278 g/mol. The van der Waals surface area contributed by atoms with E-state index in [0.717, 1.165) is 0 Å². The maximum atomic E-state index is 13.8. The molecule has 0 unspecified atom stereocenters. The maximum absolute atomic E-state index is 13.8. The largest absolute Gasteiger partial charge is 0.453 e. The number of nitrogen functional groups attached to an aromatic ring is 1. The fourth-order valence-corrected chi connectivity index (χ4v) is 1.79. The summed E-state index contributed by atoms with van der Waals surface area (Å²) in [4.78, 5) is 0. The molecule has 0 saturated carbocycles. The number of hydrogen-bond acceptors (Lipinski definition) is 2. The number of benzene rings is 2. The molecule has 0 amide bonds. The summed E-state index contributed by atoms with van der Waals surface area (Å²) < 4.78 is 19.2. The van der Waals surface area contributed by atoms with Crippen molar-refractivity contribution in [1.82, 2.24) is 0 Å². The van der Waals surface area contributed by atoms with Crippen molar-refractivity contribution in [1.29, 1.82) is 5.41 Å². The van der Waals surface area contributed by atoms with Crippen molar-refractivity contribution in [2.75, 3.05) is 0 Å². The van der Waals surface area contributed by atoms with E-state index >= 15 is 0 Å². The van der Waals surface area contributed by atoms with E-state index in [4.69, 9.17) is 27.5 Å². The third kappa shape index (κ3) is 2.85. The van der Waals surface area contributed by atoms with Gasteiger partial charge in [-0.15, -0.1) is 0 Å². The number of hydrogen-bond donors (Lipinski definition) is 2. The van der Waals surface area contributed by atoms with Gasteiger partial charge in [0.15, 0.2) is 11.6 Å². The topological polar surface area (TPSA) is 59.1 Å². The summed E-state index contributed by atoms with van der Waals surface area (Å²) in [5.74, 6) is -0.0851. The van der Waals surface area contributed by atoms with Gasteiger partial charge in [-0.05, 0) is 36.8 Å². The zero-order valence-electron chi connectivity index (χ0n) is 10.2. The van der Waals surface area contributed by atoms with E-state index in [-0.39, 0.29) is 16.6 Å². The first-order valence-corrected chi connectivity index (χ1v) is 5.93. The first-order valence-electron chi connectivity index (χ1n) is 5.56. The zero-order valence-corrected chi connectivity index (χ0v) is 11.0. The Morgan fingerprint density at radius 3 is 2.63 bits per heavy atom. The molecule has 0 heterocycles. The first kappa shape index (κ1) is 13.4. The van der Waals surface area contributed by atoms with E-state index in [1.165, 1.54) is 12.1 Å². The van der Waals surface area contributed by atoms with Gasteiger partial charge < -0.3 is 10.5 Å². The Hall–Kier alpha value is -2.07. The molecule has 0 fully saturated rings. The first-order chi connectivity index (χ1) is 8.99. The van der Waals surface area contributed by atoms with Crippen molar-refractivity contribution in [2.45, 2.75) is 6.92 Å². The molecule has 0 aliphatic heterocycles. The second-order valence-electron chi connectivity index (χ2n) is 4.05. The Bertz CT molecular complexity index is 643. The summed E-state index contributed by atoms with van der Waals surface area (Å²) in [6, 6.07) is 9.54. The molecule has 0 saturated heterocycles. The highest BCUT2D eigenvalue weighted by Gasteiger charge is 2.10. The van der Waals surface area contributed by atoms with Crippen LogP contribution in [0.5, 0.6) is 11.5 Å². The van der Waals surface area contributed by atoms with Crippen molar-refractivity contribution >= 4 is 17.4 Å². The second-order valence-corrected chi connectivity index (χ2v) is 4.46. The van der Waals surface area contributed by atoms with Gasteiger partial charge in [-0.1, -0.05) is 23.7 Å². The Morgan fingerprint density at radius 2 is 2.00 bits per heavy atom. The van der Waals surface area contributed by atoms with E-state index in [2.05, 4.69) is 0 Å². The quantitative estimate of drug-likeness (QED) is 0.661. The van der Waals surface area contributed by atoms with Gasteiger partial charge in [0.05, 0.1) is 5.02 Å².